The van der Waals surface area contributed by atoms with Crippen molar-refractivity contribution in [2.75, 3.05) is 32.8 Å². The minimum absolute atomic E-state index is 0.0344. The summed E-state index contributed by atoms with van der Waals surface area (Å²) in [5.74, 6) is 1.26. The maximum atomic E-state index is 12.6. The van der Waals surface area contributed by atoms with Crippen molar-refractivity contribution in [1.82, 2.24) is 10.2 Å². The van der Waals surface area contributed by atoms with E-state index in [1.54, 1.807) is 12.1 Å². The van der Waals surface area contributed by atoms with Crippen molar-refractivity contribution in [3.63, 3.8) is 0 Å². The van der Waals surface area contributed by atoms with Crippen molar-refractivity contribution in [1.29, 1.82) is 0 Å². The molecule has 30 heavy (non-hydrogen) atoms. The zero-order valence-electron chi connectivity index (χ0n) is 18.0. The summed E-state index contributed by atoms with van der Waals surface area (Å²) >= 11 is 0. The molecule has 2 aliphatic rings. The van der Waals surface area contributed by atoms with Crippen LogP contribution in [0, 0.1) is 0 Å². The number of amides is 1. The first-order valence-electron chi connectivity index (χ1n) is 11.3. The molecule has 3 rings (SSSR count). The second-order valence-electron chi connectivity index (χ2n) is 8.39. The van der Waals surface area contributed by atoms with Crippen molar-refractivity contribution < 1.29 is 24.5 Å². The van der Waals surface area contributed by atoms with Crippen LogP contribution < -0.4 is 14.8 Å². The lowest BCUT2D eigenvalue weighted by Crippen LogP contribution is -2.47. The van der Waals surface area contributed by atoms with Crippen molar-refractivity contribution in [3.05, 3.63) is 23.8 Å². The molecule has 168 valence electrons. The monoisotopic (exact) mass is 420 g/mol. The van der Waals surface area contributed by atoms with Gasteiger partial charge in [-0.1, -0.05) is 38.7 Å². The van der Waals surface area contributed by atoms with E-state index in [2.05, 4.69) is 17.1 Å². The second kappa shape index (κ2) is 11.5. The van der Waals surface area contributed by atoms with Gasteiger partial charge in [0, 0.05) is 26.1 Å². The van der Waals surface area contributed by atoms with Gasteiger partial charge in [0.05, 0.1) is 12.1 Å². The van der Waals surface area contributed by atoms with Gasteiger partial charge < -0.3 is 25.0 Å². The topological polar surface area (TPSA) is 91.3 Å². The molecule has 0 bridgehead atoms. The summed E-state index contributed by atoms with van der Waals surface area (Å²) in [5.41, 5.74) is 0.687. The number of rotatable bonds is 11. The van der Waals surface area contributed by atoms with Crippen LogP contribution in [0.1, 0.15) is 63.5 Å². The summed E-state index contributed by atoms with van der Waals surface area (Å²) in [7, 11) is 0. The summed E-state index contributed by atoms with van der Waals surface area (Å²) in [5, 5.41) is 24.0. The lowest BCUT2D eigenvalue weighted by atomic mass is 10.0. The van der Waals surface area contributed by atoms with Crippen LogP contribution in [0.3, 0.4) is 0 Å². The number of benzene rings is 1. The quantitative estimate of drug-likeness (QED) is 0.476. The van der Waals surface area contributed by atoms with Gasteiger partial charge in [0.15, 0.2) is 11.5 Å². The van der Waals surface area contributed by atoms with Crippen LogP contribution in [0.2, 0.25) is 0 Å². The Bertz CT molecular complexity index is 684. The lowest BCUT2D eigenvalue weighted by Gasteiger charge is -2.29. The Labute approximate surface area is 179 Å². The van der Waals surface area contributed by atoms with Crippen LogP contribution in [0.15, 0.2) is 18.2 Å². The van der Waals surface area contributed by atoms with Gasteiger partial charge in [-0.2, -0.15) is 0 Å². The average molecular weight is 421 g/mol. The Balaban J connectivity index is 1.63. The van der Waals surface area contributed by atoms with Crippen molar-refractivity contribution >= 4 is 5.91 Å². The molecule has 1 amide bonds. The molecule has 1 fully saturated rings. The van der Waals surface area contributed by atoms with Gasteiger partial charge in [-0.05, 0) is 30.5 Å². The molecule has 1 aromatic carbocycles. The Kier molecular flexibility index (Phi) is 8.78. The Morgan fingerprint density at radius 2 is 1.97 bits per heavy atom. The van der Waals surface area contributed by atoms with E-state index in [0.29, 0.717) is 49.8 Å². The number of fused-ring (bicyclic) bond motifs is 1. The lowest BCUT2D eigenvalue weighted by molar-refractivity contribution is -0.123. The van der Waals surface area contributed by atoms with Gasteiger partial charge in [-0.15, -0.1) is 0 Å². The highest BCUT2D eigenvalue weighted by atomic mass is 16.6. The molecule has 0 aromatic heterocycles. The fourth-order valence-corrected chi connectivity index (χ4v) is 4.12. The molecule has 0 aliphatic carbocycles. The minimum atomic E-state index is -0.873. The van der Waals surface area contributed by atoms with Crippen LogP contribution >= 0.6 is 0 Å². The van der Waals surface area contributed by atoms with E-state index in [0.717, 1.165) is 32.2 Å². The van der Waals surface area contributed by atoms with Crippen molar-refractivity contribution in [2.24, 2.45) is 0 Å². The number of nitrogens with zero attached hydrogens (tertiary/aromatic N) is 1. The Morgan fingerprint density at radius 1 is 1.20 bits per heavy atom. The third-order valence-electron chi connectivity index (χ3n) is 5.85. The minimum Gasteiger partial charge on any atom is -0.486 e. The number of carbonyl (C=O) groups excluding carboxylic acids is 1. The van der Waals surface area contributed by atoms with E-state index in [4.69, 9.17) is 9.47 Å². The summed E-state index contributed by atoms with van der Waals surface area (Å²) in [6.07, 6.45) is 5.42. The Morgan fingerprint density at radius 3 is 2.70 bits per heavy atom. The van der Waals surface area contributed by atoms with Crippen molar-refractivity contribution in [2.45, 2.75) is 70.1 Å². The number of nitrogens with one attached hydrogen (secondary N) is 1. The molecule has 7 heteroatoms. The zero-order valence-corrected chi connectivity index (χ0v) is 18.0. The predicted octanol–water partition coefficient (Wildman–Crippen LogP) is 2.40. The molecule has 7 nitrogen and oxygen atoms in total. The van der Waals surface area contributed by atoms with Crippen LogP contribution in [0.4, 0.5) is 0 Å². The zero-order chi connectivity index (χ0) is 21.3. The maximum absolute atomic E-state index is 12.6. The Hall–Kier alpha value is -1.83. The molecule has 0 spiro atoms. The van der Waals surface area contributed by atoms with Crippen molar-refractivity contribution in [3.8, 4) is 11.5 Å². The molecule has 2 aliphatic heterocycles. The number of β-amino-alcohol motifs (C(OH)–C–C–N with tert-alkyl or cyclic N) is 1. The number of aliphatic hydroxyl groups is 2. The number of unbranched alkanes of at least 4 members (excludes halogenated alkanes) is 4. The summed E-state index contributed by atoms with van der Waals surface area (Å²) < 4.78 is 11.2. The number of ether oxygens (including phenoxy) is 2. The normalized spacial score (nSPS) is 20.7. The summed E-state index contributed by atoms with van der Waals surface area (Å²) in [6, 6.07) is 4.96. The van der Waals surface area contributed by atoms with Gasteiger partial charge in [-0.3, -0.25) is 9.69 Å². The van der Waals surface area contributed by atoms with E-state index >= 15 is 0 Å². The van der Waals surface area contributed by atoms with E-state index in [1.807, 2.05) is 6.07 Å². The third-order valence-corrected chi connectivity index (χ3v) is 5.85. The van der Waals surface area contributed by atoms with E-state index in [9.17, 15) is 15.0 Å². The number of carbonyl (C=O) groups is 1. The summed E-state index contributed by atoms with van der Waals surface area (Å²) in [4.78, 5) is 14.7. The highest BCUT2D eigenvalue weighted by molar-refractivity contribution is 5.76. The SMILES string of the molecule is CCCCCCCC(=O)N[C@H](CN1CCC(O)C1)[C@H](O)c1ccc2c(c1)OCCO2. The van der Waals surface area contributed by atoms with E-state index in [1.165, 1.54) is 12.8 Å². The molecule has 3 N–H and O–H groups in total. The third kappa shape index (κ3) is 6.59. The average Bonchev–Trinajstić information content (AvgIpc) is 3.17. The first kappa shape index (κ1) is 22.8. The molecular weight excluding hydrogens is 384 g/mol. The van der Waals surface area contributed by atoms with E-state index < -0.39 is 12.1 Å². The van der Waals surface area contributed by atoms with Crippen LogP contribution in [-0.2, 0) is 4.79 Å². The van der Waals surface area contributed by atoms with Crippen LogP contribution in [0.25, 0.3) is 0 Å². The molecule has 1 unspecified atom stereocenters. The van der Waals surface area contributed by atoms with Gasteiger partial charge in [0.25, 0.3) is 0 Å². The first-order valence-corrected chi connectivity index (χ1v) is 11.3. The fraction of sp³-hybridized carbons (Fsp3) is 0.696. The van der Waals surface area contributed by atoms with Crippen LogP contribution in [-0.4, -0.2) is 66.0 Å². The maximum Gasteiger partial charge on any atom is 0.220 e. The number of likely N-dealkylation sites (tertiary alicyclic amines) is 1. The van der Waals surface area contributed by atoms with Gasteiger partial charge in [-0.25, -0.2) is 0 Å². The molecule has 1 saturated heterocycles. The predicted molar refractivity (Wildman–Crippen MR) is 115 cm³/mol. The number of hydrogen-bond acceptors (Lipinski definition) is 6. The summed E-state index contributed by atoms with van der Waals surface area (Å²) in [6.45, 7) is 5.00. The molecule has 0 saturated carbocycles. The molecular formula is C23H36N2O5. The fourth-order valence-electron chi connectivity index (χ4n) is 4.12. The van der Waals surface area contributed by atoms with Gasteiger partial charge >= 0.3 is 0 Å². The standard InChI is InChI=1S/C23H36N2O5/c1-2-3-4-5-6-7-22(27)24-19(16-25-11-10-18(26)15-25)23(28)17-8-9-20-21(14-17)30-13-12-29-20/h8-9,14,18-19,23,26,28H,2-7,10-13,15-16H2,1H3,(H,24,27)/t18?,19-,23-/m1/s1. The molecule has 1 aromatic rings. The smallest absolute Gasteiger partial charge is 0.220 e. The number of hydrogen-bond donors (Lipinski definition) is 3. The van der Waals surface area contributed by atoms with Gasteiger partial charge in [0.1, 0.15) is 19.3 Å². The largest absolute Gasteiger partial charge is 0.486 e. The van der Waals surface area contributed by atoms with Crippen LogP contribution in [0.5, 0.6) is 11.5 Å². The van der Waals surface area contributed by atoms with E-state index in [-0.39, 0.29) is 12.0 Å². The number of aliphatic hydroxyl groups excluding tert-OH is 2. The van der Waals surface area contributed by atoms with Gasteiger partial charge in [0.2, 0.25) is 5.91 Å². The molecule has 0 radical (unpaired) electrons. The molecule has 2 heterocycles. The first-order chi connectivity index (χ1) is 14.6. The highest BCUT2D eigenvalue weighted by Crippen LogP contribution is 2.33. The second-order valence-corrected chi connectivity index (χ2v) is 8.39. The molecule has 3 atom stereocenters. The highest BCUT2D eigenvalue weighted by Gasteiger charge is 2.29.